The highest BCUT2D eigenvalue weighted by Crippen LogP contribution is 2.24. The fourth-order valence-corrected chi connectivity index (χ4v) is 2.06. The zero-order valence-corrected chi connectivity index (χ0v) is 12.2. The molecule has 2 rings (SSSR count). The lowest BCUT2D eigenvalue weighted by Crippen LogP contribution is -2.04. The summed E-state index contributed by atoms with van der Waals surface area (Å²) in [5.41, 5.74) is -0.140. The fourth-order valence-electron chi connectivity index (χ4n) is 1.57. The third-order valence-corrected chi connectivity index (χ3v) is 3.50. The largest absolute Gasteiger partial charge is 0.488 e. The van der Waals surface area contributed by atoms with Crippen molar-refractivity contribution in [1.82, 2.24) is 0 Å². The van der Waals surface area contributed by atoms with Crippen LogP contribution in [0.4, 0.5) is 8.78 Å². The van der Waals surface area contributed by atoms with Gasteiger partial charge in [0.2, 0.25) is 0 Å². The maximum Gasteiger partial charge on any atom is 0.335 e. The van der Waals surface area contributed by atoms with Gasteiger partial charge in [-0.1, -0.05) is 6.07 Å². The van der Waals surface area contributed by atoms with E-state index in [0.29, 0.717) is 3.57 Å². The summed E-state index contributed by atoms with van der Waals surface area (Å²) in [5.74, 6) is -2.22. The second-order valence-electron chi connectivity index (χ2n) is 3.94. The van der Waals surface area contributed by atoms with E-state index >= 15 is 0 Å². The molecule has 3 nitrogen and oxygen atoms in total. The van der Waals surface area contributed by atoms with E-state index in [1.807, 2.05) is 22.6 Å². The van der Waals surface area contributed by atoms with Crippen LogP contribution in [0.1, 0.15) is 15.9 Å². The molecule has 104 valence electrons. The molecule has 0 spiro atoms. The molecule has 2 aromatic carbocycles. The molecule has 6 heteroatoms. The van der Waals surface area contributed by atoms with Gasteiger partial charge in [-0.15, -0.1) is 0 Å². The number of benzene rings is 2. The SMILES string of the molecule is O=C(O)c1ccc(I)c(OCc2c(F)cccc2F)c1. The molecule has 0 atom stereocenters. The third kappa shape index (κ3) is 3.24. The number of halogens is 3. The number of hydrogen-bond donors (Lipinski definition) is 1. The van der Waals surface area contributed by atoms with E-state index in [-0.39, 0.29) is 23.5 Å². The highest BCUT2D eigenvalue weighted by molar-refractivity contribution is 14.1. The van der Waals surface area contributed by atoms with Crippen LogP contribution in [0.15, 0.2) is 36.4 Å². The maximum absolute atomic E-state index is 13.4. The summed E-state index contributed by atoms with van der Waals surface area (Å²) in [5, 5.41) is 8.90. The molecular weight excluding hydrogens is 381 g/mol. The minimum atomic E-state index is -1.09. The molecule has 0 heterocycles. The van der Waals surface area contributed by atoms with Gasteiger partial charge in [-0.3, -0.25) is 0 Å². The van der Waals surface area contributed by atoms with Gasteiger partial charge in [-0.25, -0.2) is 13.6 Å². The van der Waals surface area contributed by atoms with Gasteiger partial charge in [-0.05, 0) is 52.9 Å². The van der Waals surface area contributed by atoms with Crippen molar-refractivity contribution >= 4 is 28.6 Å². The van der Waals surface area contributed by atoms with Gasteiger partial charge < -0.3 is 9.84 Å². The molecule has 0 amide bonds. The summed E-state index contributed by atoms with van der Waals surface area (Å²) in [7, 11) is 0. The van der Waals surface area contributed by atoms with Crippen molar-refractivity contribution in [3.05, 3.63) is 62.7 Å². The van der Waals surface area contributed by atoms with Crippen molar-refractivity contribution in [3.8, 4) is 5.75 Å². The summed E-state index contributed by atoms with van der Waals surface area (Å²) in [6.45, 7) is -0.308. The fraction of sp³-hybridized carbons (Fsp3) is 0.0714. The van der Waals surface area contributed by atoms with Gasteiger partial charge in [0.15, 0.2) is 0 Å². The zero-order chi connectivity index (χ0) is 14.7. The summed E-state index contributed by atoms with van der Waals surface area (Å²) >= 11 is 1.96. The van der Waals surface area contributed by atoms with Crippen LogP contribution < -0.4 is 4.74 Å². The minimum absolute atomic E-state index is 0.0504. The Balaban J connectivity index is 2.23. The van der Waals surface area contributed by atoms with Crippen molar-refractivity contribution in [1.29, 1.82) is 0 Å². The molecule has 20 heavy (non-hydrogen) atoms. The molecule has 0 radical (unpaired) electrons. The molecule has 0 saturated carbocycles. The first kappa shape index (κ1) is 14.7. The minimum Gasteiger partial charge on any atom is -0.488 e. The van der Waals surface area contributed by atoms with E-state index in [1.54, 1.807) is 6.07 Å². The van der Waals surface area contributed by atoms with E-state index in [4.69, 9.17) is 9.84 Å². The average molecular weight is 390 g/mol. The lowest BCUT2D eigenvalue weighted by molar-refractivity contribution is 0.0696. The predicted molar refractivity (Wildman–Crippen MR) is 76.8 cm³/mol. The molecular formula is C14H9F2IO3. The summed E-state index contributed by atoms with van der Waals surface area (Å²) in [6.07, 6.45) is 0. The van der Waals surface area contributed by atoms with Crippen LogP contribution in [-0.2, 0) is 6.61 Å². The van der Waals surface area contributed by atoms with E-state index in [1.165, 1.54) is 18.2 Å². The van der Waals surface area contributed by atoms with Crippen LogP contribution >= 0.6 is 22.6 Å². The van der Waals surface area contributed by atoms with E-state index < -0.39 is 17.6 Å². The Morgan fingerprint density at radius 2 is 1.85 bits per heavy atom. The van der Waals surface area contributed by atoms with E-state index in [0.717, 1.165) is 12.1 Å². The number of carbonyl (C=O) groups is 1. The lowest BCUT2D eigenvalue weighted by Gasteiger charge is -2.10. The van der Waals surface area contributed by atoms with Crippen LogP contribution in [0.5, 0.6) is 5.75 Å². The van der Waals surface area contributed by atoms with Gasteiger partial charge in [0.05, 0.1) is 14.7 Å². The van der Waals surface area contributed by atoms with Crippen LogP contribution in [0, 0.1) is 15.2 Å². The standard InChI is InChI=1S/C14H9F2IO3/c15-10-2-1-3-11(16)9(10)7-20-13-6-8(14(18)19)4-5-12(13)17/h1-6H,7H2,(H,18,19). The number of aromatic carboxylic acids is 1. The summed E-state index contributed by atoms with van der Waals surface area (Å²) in [4.78, 5) is 10.9. The van der Waals surface area contributed by atoms with Crippen LogP contribution in [0.2, 0.25) is 0 Å². The first-order valence-corrected chi connectivity index (χ1v) is 6.65. The molecule has 0 fully saturated rings. The topological polar surface area (TPSA) is 46.5 Å². The molecule has 0 aliphatic rings. The van der Waals surface area contributed by atoms with Crippen molar-refractivity contribution in [2.24, 2.45) is 0 Å². The molecule has 0 bridgehead atoms. The Bertz CT molecular complexity index is 639. The van der Waals surface area contributed by atoms with Crippen LogP contribution in [-0.4, -0.2) is 11.1 Å². The summed E-state index contributed by atoms with van der Waals surface area (Å²) in [6, 6.07) is 7.87. The summed E-state index contributed by atoms with van der Waals surface area (Å²) < 4.78 is 32.9. The second kappa shape index (κ2) is 6.17. The molecule has 0 saturated heterocycles. The quantitative estimate of drug-likeness (QED) is 0.808. The monoisotopic (exact) mass is 390 g/mol. The maximum atomic E-state index is 13.4. The number of carboxylic acid groups (broad SMARTS) is 1. The van der Waals surface area contributed by atoms with Crippen molar-refractivity contribution in [2.75, 3.05) is 0 Å². The first-order chi connectivity index (χ1) is 9.49. The zero-order valence-electron chi connectivity index (χ0n) is 10.1. The molecule has 0 aliphatic carbocycles. The second-order valence-corrected chi connectivity index (χ2v) is 5.10. The number of carboxylic acids is 1. The van der Waals surface area contributed by atoms with Gasteiger partial charge in [0.1, 0.15) is 24.0 Å². The van der Waals surface area contributed by atoms with Crippen molar-refractivity contribution in [3.63, 3.8) is 0 Å². The van der Waals surface area contributed by atoms with Gasteiger partial charge in [0, 0.05) is 0 Å². The predicted octanol–water partition coefficient (Wildman–Crippen LogP) is 3.85. The first-order valence-electron chi connectivity index (χ1n) is 5.57. The number of ether oxygens (including phenoxy) is 1. The highest BCUT2D eigenvalue weighted by Gasteiger charge is 2.12. The Morgan fingerprint density at radius 3 is 2.45 bits per heavy atom. The Kier molecular flexibility index (Phi) is 4.53. The van der Waals surface area contributed by atoms with Crippen LogP contribution in [0.3, 0.4) is 0 Å². The van der Waals surface area contributed by atoms with Gasteiger partial charge >= 0.3 is 5.97 Å². The van der Waals surface area contributed by atoms with Crippen molar-refractivity contribution < 1.29 is 23.4 Å². The van der Waals surface area contributed by atoms with Crippen molar-refractivity contribution in [2.45, 2.75) is 6.61 Å². The molecule has 0 aromatic heterocycles. The molecule has 0 unspecified atom stereocenters. The average Bonchev–Trinajstić information content (AvgIpc) is 2.39. The third-order valence-electron chi connectivity index (χ3n) is 2.61. The highest BCUT2D eigenvalue weighted by atomic mass is 127. The van der Waals surface area contributed by atoms with Gasteiger partial charge in [0.25, 0.3) is 0 Å². The molecule has 0 aliphatic heterocycles. The normalized spacial score (nSPS) is 10.3. The Hall–Kier alpha value is -1.70. The smallest absolute Gasteiger partial charge is 0.335 e. The van der Waals surface area contributed by atoms with E-state index in [2.05, 4.69) is 0 Å². The van der Waals surface area contributed by atoms with Crippen LogP contribution in [0.25, 0.3) is 0 Å². The number of rotatable bonds is 4. The molecule has 1 N–H and O–H groups in total. The molecule has 2 aromatic rings. The lowest BCUT2D eigenvalue weighted by atomic mass is 10.2. The number of hydrogen-bond acceptors (Lipinski definition) is 2. The van der Waals surface area contributed by atoms with E-state index in [9.17, 15) is 13.6 Å². The Labute approximate surface area is 127 Å². The Morgan fingerprint density at radius 1 is 1.20 bits per heavy atom. The van der Waals surface area contributed by atoms with Gasteiger partial charge in [-0.2, -0.15) is 0 Å².